The number of rotatable bonds is 6. The van der Waals surface area contributed by atoms with Crippen LogP contribution in [0, 0.1) is 5.92 Å². The fourth-order valence-electron chi connectivity index (χ4n) is 3.84. The number of hydrazone groups is 1. The Morgan fingerprint density at radius 2 is 1.39 bits per heavy atom. The number of carbonyl (C=O) groups excluding carboxylic acids is 1. The number of piperidine rings is 1. The van der Waals surface area contributed by atoms with Gasteiger partial charge in [-0.3, -0.25) is 4.79 Å². The molecule has 1 fully saturated rings. The van der Waals surface area contributed by atoms with Gasteiger partial charge in [-0.1, -0.05) is 48.5 Å². The van der Waals surface area contributed by atoms with E-state index in [-0.39, 0.29) is 11.8 Å². The summed E-state index contributed by atoms with van der Waals surface area (Å²) in [6, 6.07) is 28.8. The third-order valence-electron chi connectivity index (χ3n) is 5.66. The normalized spacial score (nSPS) is 15.1. The Hall–Kier alpha value is -3.44. The molecule has 1 N–H and O–H groups in total. The Labute approximate surface area is 184 Å². The van der Waals surface area contributed by atoms with Gasteiger partial charge < -0.3 is 9.80 Å². The van der Waals surface area contributed by atoms with Crippen LogP contribution < -0.4 is 10.3 Å². The maximum atomic E-state index is 12.3. The van der Waals surface area contributed by atoms with E-state index in [4.69, 9.17) is 0 Å². The average Bonchev–Trinajstić information content (AvgIpc) is 2.82. The zero-order chi connectivity index (χ0) is 21.5. The highest BCUT2D eigenvalue weighted by Gasteiger charge is 2.22. The van der Waals surface area contributed by atoms with E-state index in [9.17, 15) is 4.79 Å². The Morgan fingerprint density at radius 3 is 1.94 bits per heavy atom. The predicted molar refractivity (Wildman–Crippen MR) is 127 cm³/mol. The summed E-state index contributed by atoms with van der Waals surface area (Å²) in [6.45, 7) is 1.92. The number of carbonyl (C=O) groups is 1. The van der Waals surface area contributed by atoms with E-state index in [0.717, 1.165) is 48.6 Å². The molecule has 0 aromatic heterocycles. The van der Waals surface area contributed by atoms with Gasteiger partial charge in [0, 0.05) is 23.0 Å². The van der Waals surface area contributed by atoms with Gasteiger partial charge in [-0.25, -0.2) is 5.43 Å². The summed E-state index contributed by atoms with van der Waals surface area (Å²) in [5.41, 5.74) is 6.90. The van der Waals surface area contributed by atoms with Crippen LogP contribution in [0.1, 0.15) is 18.4 Å². The molecule has 0 atom stereocenters. The molecule has 5 heteroatoms. The van der Waals surface area contributed by atoms with Crippen molar-refractivity contribution in [3.05, 3.63) is 90.5 Å². The molecule has 3 aromatic carbocycles. The zero-order valence-corrected chi connectivity index (χ0v) is 17.8. The number of nitrogens with one attached hydrogen (secondary N) is 1. The molecule has 31 heavy (non-hydrogen) atoms. The minimum atomic E-state index is 0.0142. The molecule has 0 spiro atoms. The first-order chi connectivity index (χ1) is 15.2. The van der Waals surface area contributed by atoms with Crippen LogP contribution in [0.4, 0.5) is 17.1 Å². The van der Waals surface area contributed by atoms with Gasteiger partial charge in [0.25, 0.3) is 0 Å². The highest BCUT2D eigenvalue weighted by Crippen LogP contribution is 2.33. The number of hydrogen-bond donors (Lipinski definition) is 1. The van der Waals surface area contributed by atoms with Gasteiger partial charge >= 0.3 is 0 Å². The van der Waals surface area contributed by atoms with Crippen molar-refractivity contribution < 1.29 is 4.79 Å². The van der Waals surface area contributed by atoms with E-state index in [1.54, 1.807) is 6.21 Å². The van der Waals surface area contributed by atoms with E-state index in [2.05, 4.69) is 63.8 Å². The first-order valence-electron chi connectivity index (χ1n) is 10.7. The predicted octanol–water partition coefficient (Wildman–Crippen LogP) is 4.95. The van der Waals surface area contributed by atoms with E-state index < -0.39 is 0 Å². The second kappa shape index (κ2) is 10.0. The monoisotopic (exact) mass is 412 g/mol. The van der Waals surface area contributed by atoms with E-state index in [1.165, 1.54) is 0 Å². The van der Waals surface area contributed by atoms with Crippen LogP contribution in [0.2, 0.25) is 0 Å². The second-order valence-electron chi connectivity index (χ2n) is 7.91. The Balaban J connectivity index is 1.45. The number of likely N-dealkylation sites (tertiary alicyclic amines) is 1. The molecule has 0 aliphatic carbocycles. The van der Waals surface area contributed by atoms with Crippen LogP contribution in [0.3, 0.4) is 0 Å². The molecule has 0 radical (unpaired) electrons. The van der Waals surface area contributed by atoms with Crippen LogP contribution >= 0.6 is 0 Å². The van der Waals surface area contributed by atoms with E-state index in [0.29, 0.717) is 0 Å². The lowest BCUT2D eigenvalue weighted by Gasteiger charge is -2.27. The van der Waals surface area contributed by atoms with Gasteiger partial charge in [0.2, 0.25) is 5.91 Å². The van der Waals surface area contributed by atoms with Crippen molar-refractivity contribution in [2.75, 3.05) is 25.0 Å². The molecule has 0 saturated carbocycles. The standard InChI is InChI=1S/C26H28N4O/c1-29-18-16-22(17-19-29)26(31)28-27-20-21-12-14-25(15-13-21)30(23-8-4-2-5-9-23)24-10-6-3-7-11-24/h2-15,20,22H,16-19H2,1H3,(H,28,31). The van der Waals surface area contributed by atoms with Gasteiger partial charge in [0.05, 0.1) is 6.21 Å². The first-order valence-corrected chi connectivity index (χ1v) is 10.7. The molecule has 1 amide bonds. The van der Waals surface area contributed by atoms with Crippen LogP contribution in [0.5, 0.6) is 0 Å². The van der Waals surface area contributed by atoms with Crippen LogP contribution in [-0.4, -0.2) is 37.2 Å². The molecule has 1 aliphatic heterocycles. The number of hydrogen-bond acceptors (Lipinski definition) is 4. The summed E-state index contributed by atoms with van der Waals surface area (Å²) in [6.07, 6.45) is 3.48. The lowest BCUT2D eigenvalue weighted by atomic mass is 9.97. The van der Waals surface area contributed by atoms with Crippen molar-refractivity contribution in [2.24, 2.45) is 11.0 Å². The lowest BCUT2D eigenvalue weighted by molar-refractivity contribution is -0.126. The van der Waals surface area contributed by atoms with Gasteiger partial charge in [0.15, 0.2) is 0 Å². The SMILES string of the molecule is CN1CCC(C(=O)NN=Cc2ccc(N(c3ccccc3)c3ccccc3)cc2)CC1. The molecular formula is C26H28N4O. The molecule has 1 heterocycles. The fourth-order valence-corrected chi connectivity index (χ4v) is 3.84. The average molecular weight is 413 g/mol. The number of nitrogens with zero attached hydrogens (tertiary/aromatic N) is 3. The second-order valence-corrected chi connectivity index (χ2v) is 7.91. The third kappa shape index (κ3) is 5.38. The molecule has 4 rings (SSSR count). The molecule has 1 saturated heterocycles. The number of amides is 1. The first kappa shape index (κ1) is 20.8. The largest absolute Gasteiger partial charge is 0.311 e. The fraction of sp³-hybridized carbons (Fsp3) is 0.231. The van der Waals surface area contributed by atoms with Crippen molar-refractivity contribution in [3.8, 4) is 0 Å². The summed E-state index contributed by atoms with van der Waals surface area (Å²) in [5, 5.41) is 4.17. The Morgan fingerprint density at radius 1 is 0.871 bits per heavy atom. The van der Waals surface area contributed by atoms with Crippen molar-refractivity contribution in [2.45, 2.75) is 12.8 Å². The van der Waals surface area contributed by atoms with E-state index >= 15 is 0 Å². The summed E-state index contributed by atoms with van der Waals surface area (Å²) in [5.74, 6) is 0.0707. The van der Waals surface area contributed by atoms with Gasteiger partial charge in [-0.2, -0.15) is 5.10 Å². The number of benzene rings is 3. The minimum Gasteiger partial charge on any atom is -0.311 e. The summed E-state index contributed by atoms with van der Waals surface area (Å²) in [4.78, 5) is 16.8. The molecule has 158 valence electrons. The molecule has 0 unspecified atom stereocenters. The molecular weight excluding hydrogens is 384 g/mol. The van der Waals surface area contributed by atoms with Crippen molar-refractivity contribution in [1.82, 2.24) is 10.3 Å². The Kier molecular flexibility index (Phi) is 6.75. The smallest absolute Gasteiger partial charge is 0.243 e. The van der Waals surface area contributed by atoms with Crippen LogP contribution in [-0.2, 0) is 4.79 Å². The number of anilines is 3. The van der Waals surface area contributed by atoms with Crippen molar-refractivity contribution in [1.29, 1.82) is 0 Å². The van der Waals surface area contributed by atoms with Gasteiger partial charge in [0.1, 0.15) is 0 Å². The van der Waals surface area contributed by atoms with Crippen LogP contribution in [0.25, 0.3) is 0 Å². The van der Waals surface area contributed by atoms with Crippen LogP contribution in [0.15, 0.2) is 90.0 Å². The number of para-hydroxylation sites is 2. The molecule has 3 aromatic rings. The van der Waals surface area contributed by atoms with Gasteiger partial charge in [-0.05, 0) is 74.9 Å². The Bertz CT molecular complexity index is 955. The molecule has 0 bridgehead atoms. The van der Waals surface area contributed by atoms with Crippen molar-refractivity contribution in [3.63, 3.8) is 0 Å². The van der Waals surface area contributed by atoms with E-state index in [1.807, 2.05) is 48.5 Å². The zero-order valence-electron chi connectivity index (χ0n) is 17.8. The minimum absolute atomic E-state index is 0.0142. The topological polar surface area (TPSA) is 47.9 Å². The third-order valence-corrected chi connectivity index (χ3v) is 5.66. The summed E-state index contributed by atoms with van der Waals surface area (Å²) < 4.78 is 0. The maximum Gasteiger partial charge on any atom is 0.243 e. The summed E-state index contributed by atoms with van der Waals surface area (Å²) in [7, 11) is 2.09. The lowest BCUT2D eigenvalue weighted by Crippen LogP contribution is -2.37. The molecule has 5 nitrogen and oxygen atoms in total. The highest BCUT2D eigenvalue weighted by atomic mass is 16.2. The van der Waals surface area contributed by atoms with Crippen molar-refractivity contribution >= 4 is 29.2 Å². The molecule has 1 aliphatic rings. The quantitative estimate of drug-likeness (QED) is 0.460. The van der Waals surface area contributed by atoms with Gasteiger partial charge in [-0.15, -0.1) is 0 Å². The summed E-state index contributed by atoms with van der Waals surface area (Å²) >= 11 is 0. The highest BCUT2D eigenvalue weighted by molar-refractivity contribution is 5.85. The maximum absolute atomic E-state index is 12.3.